The third-order valence-electron chi connectivity index (χ3n) is 5.73. The van der Waals surface area contributed by atoms with Gasteiger partial charge in [-0.1, -0.05) is 60.1 Å². The van der Waals surface area contributed by atoms with Gasteiger partial charge in [-0.05, 0) is 38.3 Å². The van der Waals surface area contributed by atoms with Crippen LogP contribution in [0.4, 0.5) is 0 Å². The molecule has 3 N–H and O–H groups in total. The molecule has 1 saturated heterocycles. The first kappa shape index (κ1) is 22.6. The molecule has 0 aromatic heterocycles. The largest absolute Gasteiger partial charge is 0.386 e. The predicted molar refractivity (Wildman–Crippen MR) is 125 cm³/mol. The lowest BCUT2D eigenvalue weighted by atomic mass is 10.0. The van der Waals surface area contributed by atoms with Crippen molar-refractivity contribution in [3.63, 3.8) is 0 Å². The number of hydrogen-bond donors (Lipinski definition) is 3. The molecule has 0 saturated carbocycles. The molecule has 1 heterocycles. The summed E-state index contributed by atoms with van der Waals surface area (Å²) >= 11 is 6.19. The van der Waals surface area contributed by atoms with Crippen LogP contribution >= 0.6 is 11.6 Å². The fourth-order valence-electron chi connectivity index (χ4n) is 3.91. The summed E-state index contributed by atoms with van der Waals surface area (Å²) in [6.45, 7) is 7.47. The summed E-state index contributed by atoms with van der Waals surface area (Å²) in [4.78, 5) is 7.14. The minimum absolute atomic E-state index is 0.267. The van der Waals surface area contributed by atoms with E-state index in [-0.39, 0.29) is 6.54 Å². The number of nitrogens with zero attached hydrogens (tertiary/aromatic N) is 2. The summed E-state index contributed by atoms with van der Waals surface area (Å²) in [5.74, 6) is 0.748. The van der Waals surface area contributed by atoms with Gasteiger partial charge in [-0.2, -0.15) is 0 Å². The molecule has 1 fully saturated rings. The Labute approximate surface area is 185 Å². The number of aliphatic imine (C=N–C) groups is 1. The van der Waals surface area contributed by atoms with E-state index in [1.54, 1.807) is 6.07 Å². The summed E-state index contributed by atoms with van der Waals surface area (Å²) in [6, 6.07) is 18.9. The van der Waals surface area contributed by atoms with Crippen molar-refractivity contribution in [3.8, 4) is 0 Å². The number of hydrogen-bond acceptors (Lipinski definition) is 3. The number of aliphatic hydroxyl groups is 1. The Kier molecular flexibility index (Phi) is 8.55. The zero-order valence-electron chi connectivity index (χ0n) is 17.9. The standard InChI is InChI=1S/C24H33ClN4O/c1-3-26-24(27-17-23(30)21-11-7-8-12-22(21)25)28-20-13-15-29(16-14-20)18(2)19-9-5-4-6-10-19/h4-12,18,20,23,30H,3,13-17H2,1-2H3,(H2,26,27,28). The number of rotatable bonds is 7. The molecule has 0 spiro atoms. The summed E-state index contributed by atoms with van der Waals surface area (Å²) in [5, 5.41) is 17.9. The number of guanidine groups is 1. The quantitative estimate of drug-likeness (QED) is 0.458. The lowest BCUT2D eigenvalue weighted by Gasteiger charge is -2.37. The third kappa shape index (κ3) is 6.21. The van der Waals surface area contributed by atoms with Gasteiger partial charge >= 0.3 is 0 Å². The Hall–Kier alpha value is -2.08. The molecule has 30 heavy (non-hydrogen) atoms. The van der Waals surface area contributed by atoms with Crippen LogP contribution in [0, 0.1) is 0 Å². The van der Waals surface area contributed by atoms with Crippen LogP contribution in [-0.4, -0.2) is 48.2 Å². The van der Waals surface area contributed by atoms with Gasteiger partial charge in [0.05, 0.1) is 6.54 Å². The van der Waals surface area contributed by atoms with Gasteiger partial charge in [0.1, 0.15) is 6.10 Å². The summed E-state index contributed by atoms with van der Waals surface area (Å²) in [7, 11) is 0. The molecule has 5 nitrogen and oxygen atoms in total. The van der Waals surface area contributed by atoms with Gasteiger partial charge in [-0.25, -0.2) is 0 Å². The maximum atomic E-state index is 10.5. The highest BCUT2D eigenvalue weighted by molar-refractivity contribution is 6.31. The van der Waals surface area contributed by atoms with Gasteiger partial charge in [-0.3, -0.25) is 9.89 Å². The molecule has 0 aliphatic carbocycles. The van der Waals surface area contributed by atoms with Crippen LogP contribution in [0.25, 0.3) is 0 Å². The molecular weight excluding hydrogens is 396 g/mol. The summed E-state index contributed by atoms with van der Waals surface area (Å²) < 4.78 is 0. The van der Waals surface area contributed by atoms with Crippen molar-refractivity contribution >= 4 is 17.6 Å². The smallest absolute Gasteiger partial charge is 0.191 e. The minimum Gasteiger partial charge on any atom is -0.386 e. The zero-order chi connectivity index (χ0) is 21.3. The number of piperidine rings is 1. The van der Waals surface area contributed by atoms with E-state index in [1.165, 1.54) is 5.56 Å². The molecule has 162 valence electrons. The van der Waals surface area contributed by atoms with Gasteiger partial charge < -0.3 is 15.7 Å². The highest BCUT2D eigenvalue weighted by Crippen LogP contribution is 2.24. The molecule has 3 rings (SSSR count). The van der Waals surface area contributed by atoms with Crippen molar-refractivity contribution in [3.05, 3.63) is 70.7 Å². The van der Waals surface area contributed by atoms with Crippen molar-refractivity contribution in [1.29, 1.82) is 0 Å². The minimum atomic E-state index is -0.720. The van der Waals surface area contributed by atoms with Crippen LogP contribution in [0.1, 0.15) is 50.0 Å². The second kappa shape index (κ2) is 11.3. The lowest BCUT2D eigenvalue weighted by Crippen LogP contribution is -2.49. The van der Waals surface area contributed by atoms with Gasteiger partial charge in [-0.15, -0.1) is 0 Å². The molecule has 0 radical (unpaired) electrons. The molecule has 2 atom stereocenters. The Balaban J connectivity index is 1.53. The van der Waals surface area contributed by atoms with Crippen LogP contribution in [-0.2, 0) is 0 Å². The molecule has 2 unspecified atom stereocenters. The van der Waals surface area contributed by atoms with Crippen LogP contribution in [0.15, 0.2) is 59.6 Å². The van der Waals surface area contributed by atoms with E-state index in [1.807, 2.05) is 25.1 Å². The average molecular weight is 429 g/mol. The monoisotopic (exact) mass is 428 g/mol. The number of nitrogens with one attached hydrogen (secondary N) is 2. The first-order valence-electron chi connectivity index (χ1n) is 10.8. The Morgan fingerprint density at radius 2 is 1.80 bits per heavy atom. The Morgan fingerprint density at radius 1 is 1.13 bits per heavy atom. The van der Waals surface area contributed by atoms with Gasteiger partial charge in [0.15, 0.2) is 5.96 Å². The van der Waals surface area contributed by atoms with E-state index in [0.29, 0.717) is 22.7 Å². The van der Waals surface area contributed by atoms with E-state index < -0.39 is 6.10 Å². The van der Waals surface area contributed by atoms with Crippen molar-refractivity contribution in [1.82, 2.24) is 15.5 Å². The van der Waals surface area contributed by atoms with Gasteiger partial charge in [0.2, 0.25) is 0 Å². The predicted octanol–water partition coefficient (Wildman–Crippen LogP) is 4.15. The second-order valence-electron chi connectivity index (χ2n) is 7.80. The van der Waals surface area contributed by atoms with Crippen LogP contribution < -0.4 is 10.6 Å². The van der Waals surface area contributed by atoms with Crippen LogP contribution in [0.2, 0.25) is 5.02 Å². The molecule has 0 bridgehead atoms. The van der Waals surface area contributed by atoms with Gasteiger partial charge in [0.25, 0.3) is 0 Å². The molecule has 1 aliphatic rings. The third-order valence-corrected chi connectivity index (χ3v) is 6.08. The fraction of sp³-hybridized carbons (Fsp3) is 0.458. The first-order valence-corrected chi connectivity index (χ1v) is 11.2. The molecule has 1 aliphatic heterocycles. The second-order valence-corrected chi connectivity index (χ2v) is 8.21. The Bertz CT molecular complexity index is 806. The number of benzene rings is 2. The van der Waals surface area contributed by atoms with Crippen molar-refractivity contribution in [2.75, 3.05) is 26.2 Å². The SMILES string of the molecule is CCNC(=NCC(O)c1ccccc1Cl)NC1CCN(C(C)c2ccccc2)CC1. The molecule has 2 aromatic rings. The van der Waals surface area contributed by atoms with E-state index in [2.05, 4.69) is 57.8 Å². The molecule has 2 aromatic carbocycles. The van der Waals surface area contributed by atoms with Crippen molar-refractivity contribution in [2.24, 2.45) is 4.99 Å². The normalized spacial score (nSPS) is 18.1. The van der Waals surface area contributed by atoms with E-state index >= 15 is 0 Å². The van der Waals surface area contributed by atoms with Crippen LogP contribution in [0.3, 0.4) is 0 Å². The number of aliphatic hydroxyl groups excluding tert-OH is 1. The first-order chi connectivity index (χ1) is 14.6. The topological polar surface area (TPSA) is 59.9 Å². The molecular formula is C24H33ClN4O. The van der Waals surface area contributed by atoms with Crippen molar-refractivity contribution < 1.29 is 5.11 Å². The summed E-state index contributed by atoms with van der Waals surface area (Å²) in [5.41, 5.74) is 2.08. The van der Waals surface area contributed by atoms with E-state index in [0.717, 1.165) is 38.4 Å². The lowest BCUT2D eigenvalue weighted by molar-refractivity contribution is 0.158. The average Bonchev–Trinajstić information content (AvgIpc) is 2.78. The van der Waals surface area contributed by atoms with E-state index in [9.17, 15) is 5.11 Å². The zero-order valence-corrected chi connectivity index (χ0v) is 18.6. The highest BCUT2D eigenvalue weighted by atomic mass is 35.5. The maximum Gasteiger partial charge on any atom is 0.191 e. The fourth-order valence-corrected chi connectivity index (χ4v) is 4.17. The van der Waals surface area contributed by atoms with Crippen molar-refractivity contribution in [2.45, 2.75) is 44.9 Å². The van der Waals surface area contributed by atoms with Crippen LogP contribution in [0.5, 0.6) is 0 Å². The van der Waals surface area contributed by atoms with Gasteiger partial charge in [0, 0.05) is 42.3 Å². The molecule has 6 heteroatoms. The highest BCUT2D eigenvalue weighted by Gasteiger charge is 2.24. The number of halogens is 1. The maximum absolute atomic E-state index is 10.5. The molecule has 0 amide bonds. The summed E-state index contributed by atoms with van der Waals surface area (Å²) in [6.07, 6.45) is 1.41. The number of likely N-dealkylation sites (tertiary alicyclic amines) is 1. The van der Waals surface area contributed by atoms with E-state index in [4.69, 9.17) is 11.6 Å². The Morgan fingerprint density at radius 3 is 2.47 bits per heavy atom.